The Balaban J connectivity index is 1.52. The van der Waals surface area contributed by atoms with Crippen LogP contribution in [0, 0.1) is 0 Å². The summed E-state index contributed by atoms with van der Waals surface area (Å²) in [5, 5.41) is 5.81. The lowest BCUT2D eigenvalue weighted by molar-refractivity contribution is -0.127. The van der Waals surface area contributed by atoms with Gasteiger partial charge in [0.2, 0.25) is 5.91 Å². The highest BCUT2D eigenvalue weighted by Gasteiger charge is 2.38. The van der Waals surface area contributed by atoms with Crippen molar-refractivity contribution in [2.45, 2.75) is 58.5 Å². The number of amides is 4. The molecule has 7 nitrogen and oxygen atoms in total. The third kappa shape index (κ3) is 5.05. The van der Waals surface area contributed by atoms with E-state index in [-0.39, 0.29) is 17.8 Å². The van der Waals surface area contributed by atoms with Crippen LogP contribution in [-0.2, 0) is 9.59 Å². The molecule has 4 rings (SSSR count). The lowest BCUT2D eigenvalue weighted by Crippen LogP contribution is -2.51. The summed E-state index contributed by atoms with van der Waals surface area (Å²) in [6.07, 6.45) is 2.69. The Morgan fingerprint density at radius 2 is 1.89 bits per heavy atom. The van der Waals surface area contributed by atoms with Crippen LogP contribution in [0.4, 0.5) is 16.2 Å². The second-order valence-corrected chi connectivity index (χ2v) is 10.6. The molecule has 35 heavy (non-hydrogen) atoms. The summed E-state index contributed by atoms with van der Waals surface area (Å²) >= 11 is 5.86. The third-order valence-electron chi connectivity index (χ3n) is 6.52. The molecule has 0 aromatic heterocycles. The van der Waals surface area contributed by atoms with E-state index in [0.29, 0.717) is 22.7 Å². The zero-order chi connectivity index (χ0) is 25.5. The van der Waals surface area contributed by atoms with Gasteiger partial charge in [-0.1, -0.05) is 24.6 Å². The Bertz CT molecular complexity index is 1200. The van der Waals surface area contributed by atoms with Gasteiger partial charge in [0.05, 0.1) is 0 Å². The molecule has 0 bridgehead atoms. The largest absolute Gasteiger partial charge is 0.364 e. The van der Waals surface area contributed by atoms with Gasteiger partial charge in [-0.3, -0.25) is 9.59 Å². The van der Waals surface area contributed by atoms with Crippen molar-refractivity contribution in [3.63, 3.8) is 0 Å². The number of nitrogens with one attached hydrogen (secondary N) is 2. The van der Waals surface area contributed by atoms with E-state index in [1.165, 1.54) is 11.3 Å². The van der Waals surface area contributed by atoms with Gasteiger partial charge in [0.25, 0.3) is 5.91 Å². The van der Waals surface area contributed by atoms with Crippen molar-refractivity contribution in [2.75, 3.05) is 16.8 Å². The minimum atomic E-state index is -0.619. The van der Waals surface area contributed by atoms with Crippen LogP contribution in [0.25, 0.3) is 6.08 Å². The number of imide groups is 1. The molecule has 184 valence electrons. The molecular weight excluding hydrogens is 464 g/mol. The van der Waals surface area contributed by atoms with Gasteiger partial charge in [-0.2, -0.15) is 0 Å². The number of carbonyl (C=O) groups excluding carboxylic acids is 3. The fourth-order valence-corrected chi connectivity index (χ4v) is 5.42. The van der Waals surface area contributed by atoms with Crippen molar-refractivity contribution in [2.24, 2.45) is 0 Å². The fraction of sp³-hybridized carbons (Fsp3) is 0.370. The summed E-state index contributed by atoms with van der Waals surface area (Å²) in [6, 6.07) is 12.5. The topological polar surface area (TPSA) is 81.8 Å². The van der Waals surface area contributed by atoms with E-state index >= 15 is 0 Å². The quantitative estimate of drug-likeness (QED) is 0.432. The summed E-state index contributed by atoms with van der Waals surface area (Å²) < 4.78 is 0. The number of carbonyl (C=O) groups is 3. The molecule has 1 fully saturated rings. The first-order chi connectivity index (χ1) is 16.5. The van der Waals surface area contributed by atoms with Crippen molar-refractivity contribution in [1.82, 2.24) is 10.2 Å². The standard InChI is InChI=1S/C27H31ClN4O3/c1-16(2)32-23-11-6-18(12-21(23)17(3)14-27(32,4)5)13-22-25(34)31(26(35)30-22)15-24(33)29-20-9-7-19(28)8-10-20/h6-13,16-17H,14-15H2,1-5H3,(H,29,33)(H,30,35)/b22-13-/t17-/m0/s1. The second-order valence-electron chi connectivity index (χ2n) is 10.1. The molecule has 2 aliphatic rings. The predicted molar refractivity (Wildman–Crippen MR) is 139 cm³/mol. The molecule has 2 aromatic rings. The smallest absolute Gasteiger partial charge is 0.329 e. The summed E-state index contributed by atoms with van der Waals surface area (Å²) in [5.41, 5.74) is 3.98. The van der Waals surface area contributed by atoms with Crippen molar-refractivity contribution < 1.29 is 14.4 Å². The maximum atomic E-state index is 12.9. The molecule has 4 amide bonds. The minimum Gasteiger partial charge on any atom is -0.364 e. The number of hydrogen-bond acceptors (Lipinski definition) is 4. The average molecular weight is 495 g/mol. The van der Waals surface area contributed by atoms with E-state index in [1.807, 2.05) is 6.07 Å². The van der Waals surface area contributed by atoms with Gasteiger partial charge in [-0.05, 0) is 93.6 Å². The highest BCUT2D eigenvalue weighted by molar-refractivity contribution is 6.30. The zero-order valence-electron chi connectivity index (χ0n) is 20.7. The highest BCUT2D eigenvalue weighted by Crippen LogP contribution is 2.44. The van der Waals surface area contributed by atoms with E-state index in [2.05, 4.69) is 62.3 Å². The van der Waals surface area contributed by atoms with E-state index in [0.717, 1.165) is 16.9 Å². The molecule has 0 unspecified atom stereocenters. The molecule has 1 atom stereocenters. The normalized spacial score (nSPS) is 20.3. The fourth-order valence-electron chi connectivity index (χ4n) is 5.30. The summed E-state index contributed by atoms with van der Waals surface area (Å²) in [5.74, 6) is -0.650. The maximum absolute atomic E-state index is 12.9. The molecule has 0 aliphatic carbocycles. The van der Waals surface area contributed by atoms with Crippen LogP contribution in [0.2, 0.25) is 5.02 Å². The molecular formula is C27H31ClN4O3. The SMILES string of the molecule is CC(C)N1c2ccc(/C=C3\NC(=O)N(CC(=O)Nc4ccc(Cl)cc4)C3=O)cc2[C@@H](C)CC1(C)C. The zero-order valence-corrected chi connectivity index (χ0v) is 21.4. The number of nitrogens with zero attached hydrogens (tertiary/aromatic N) is 2. The molecule has 2 aliphatic heterocycles. The van der Waals surface area contributed by atoms with Gasteiger partial charge >= 0.3 is 6.03 Å². The van der Waals surface area contributed by atoms with Crippen LogP contribution in [0.1, 0.15) is 58.1 Å². The van der Waals surface area contributed by atoms with Crippen molar-refractivity contribution in [1.29, 1.82) is 0 Å². The first-order valence-corrected chi connectivity index (χ1v) is 12.2. The van der Waals surface area contributed by atoms with Gasteiger partial charge < -0.3 is 15.5 Å². The first kappa shape index (κ1) is 24.8. The van der Waals surface area contributed by atoms with Gasteiger partial charge in [0.1, 0.15) is 12.2 Å². The van der Waals surface area contributed by atoms with Crippen molar-refractivity contribution in [3.8, 4) is 0 Å². The van der Waals surface area contributed by atoms with Gasteiger partial charge in [-0.25, -0.2) is 9.69 Å². The Labute approximate surface area is 211 Å². The van der Waals surface area contributed by atoms with E-state index in [4.69, 9.17) is 11.6 Å². The monoisotopic (exact) mass is 494 g/mol. The molecule has 0 spiro atoms. The lowest BCUT2D eigenvalue weighted by atomic mass is 9.79. The Hall–Kier alpha value is -3.32. The summed E-state index contributed by atoms with van der Waals surface area (Å²) in [7, 11) is 0. The molecule has 2 heterocycles. The van der Waals surface area contributed by atoms with Crippen LogP contribution < -0.4 is 15.5 Å². The molecule has 0 saturated carbocycles. The Kier molecular flexibility index (Phi) is 6.64. The van der Waals surface area contributed by atoms with Crippen LogP contribution in [-0.4, -0.2) is 40.9 Å². The molecule has 2 aromatic carbocycles. The van der Waals surface area contributed by atoms with E-state index in [9.17, 15) is 14.4 Å². The summed E-state index contributed by atoms with van der Waals surface area (Å²) in [6.45, 7) is 10.8. The van der Waals surface area contributed by atoms with E-state index in [1.54, 1.807) is 30.3 Å². The van der Waals surface area contributed by atoms with Crippen LogP contribution >= 0.6 is 11.6 Å². The van der Waals surface area contributed by atoms with Crippen LogP contribution in [0.15, 0.2) is 48.2 Å². The average Bonchev–Trinajstić information content (AvgIpc) is 3.02. The Morgan fingerprint density at radius 3 is 2.54 bits per heavy atom. The van der Waals surface area contributed by atoms with Crippen molar-refractivity contribution in [3.05, 3.63) is 64.3 Å². The third-order valence-corrected chi connectivity index (χ3v) is 6.77. The number of fused-ring (bicyclic) bond motifs is 1. The Morgan fingerprint density at radius 1 is 1.20 bits per heavy atom. The molecule has 8 heteroatoms. The number of urea groups is 1. The lowest BCUT2D eigenvalue weighted by Gasteiger charge is -2.50. The maximum Gasteiger partial charge on any atom is 0.329 e. The number of rotatable bonds is 5. The minimum absolute atomic E-state index is 0.0447. The van der Waals surface area contributed by atoms with E-state index < -0.39 is 17.8 Å². The predicted octanol–water partition coefficient (Wildman–Crippen LogP) is 5.37. The van der Waals surface area contributed by atoms with Crippen LogP contribution in [0.5, 0.6) is 0 Å². The second kappa shape index (κ2) is 9.38. The number of benzene rings is 2. The molecule has 0 radical (unpaired) electrons. The molecule has 1 saturated heterocycles. The number of anilines is 2. The molecule has 2 N–H and O–H groups in total. The number of halogens is 1. The van der Waals surface area contributed by atoms with Gasteiger partial charge in [0.15, 0.2) is 0 Å². The highest BCUT2D eigenvalue weighted by atomic mass is 35.5. The van der Waals surface area contributed by atoms with Gasteiger partial charge in [-0.15, -0.1) is 0 Å². The van der Waals surface area contributed by atoms with Gasteiger partial charge in [0, 0.05) is 28.0 Å². The first-order valence-electron chi connectivity index (χ1n) is 11.8. The van der Waals surface area contributed by atoms with Crippen LogP contribution in [0.3, 0.4) is 0 Å². The van der Waals surface area contributed by atoms with Crippen molar-refractivity contribution >= 4 is 46.9 Å². The summed E-state index contributed by atoms with van der Waals surface area (Å²) in [4.78, 5) is 41.1. The number of hydrogen-bond donors (Lipinski definition) is 2.